The molecule has 2 heterocycles. The van der Waals surface area contributed by atoms with Gasteiger partial charge in [-0.05, 0) is 25.1 Å². The molecule has 0 saturated heterocycles. The predicted octanol–water partition coefficient (Wildman–Crippen LogP) is 2.59. The summed E-state index contributed by atoms with van der Waals surface area (Å²) in [5.74, 6) is 0.497. The number of anilines is 1. The Morgan fingerprint density at radius 1 is 1.45 bits per heavy atom. The molecule has 0 aliphatic heterocycles. The fourth-order valence-electron chi connectivity index (χ4n) is 1.83. The van der Waals surface area contributed by atoms with E-state index in [2.05, 4.69) is 20.3 Å². The highest BCUT2D eigenvalue weighted by Crippen LogP contribution is 2.29. The van der Waals surface area contributed by atoms with Gasteiger partial charge in [0, 0.05) is 5.69 Å². The number of ether oxygens (including phenoxy) is 1. The Balaban J connectivity index is 1.88. The van der Waals surface area contributed by atoms with Crippen LogP contribution in [-0.2, 0) is 0 Å². The molecule has 0 fully saturated rings. The van der Waals surface area contributed by atoms with Crippen LogP contribution in [0.25, 0.3) is 10.2 Å². The summed E-state index contributed by atoms with van der Waals surface area (Å²) in [7, 11) is 1.62. The van der Waals surface area contributed by atoms with E-state index in [9.17, 15) is 4.79 Å². The first kappa shape index (κ1) is 12.6. The van der Waals surface area contributed by atoms with Crippen molar-refractivity contribution in [1.82, 2.24) is 15.0 Å². The zero-order valence-corrected chi connectivity index (χ0v) is 11.7. The number of amides is 1. The molecule has 0 bridgehead atoms. The Bertz CT molecular complexity index is 778. The molecule has 1 aromatic carbocycles. The highest BCUT2D eigenvalue weighted by atomic mass is 32.1. The third-order valence-electron chi connectivity index (χ3n) is 2.86. The van der Waals surface area contributed by atoms with Crippen molar-refractivity contribution >= 4 is 32.6 Å². The van der Waals surface area contributed by atoms with Crippen LogP contribution in [0.5, 0.6) is 5.75 Å². The average molecular weight is 288 g/mol. The van der Waals surface area contributed by atoms with Crippen molar-refractivity contribution in [3.8, 4) is 5.75 Å². The second-order valence-electron chi connectivity index (χ2n) is 4.18. The number of nitrogens with one attached hydrogen (secondary N) is 2. The largest absolute Gasteiger partial charge is 0.497 e. The average Bonchev–Trinajstić information content (AvgIpc) is 3.03. The van der Waals surface area contributed by atoms with Gasteiger partial charge in [-0.1, -0.05) is 11.3 Å². The minimum atomic E-state index is -0.269. The molecule has 6 nitrogen and oxygen atoms in total. The summed E-state index contributed by atoms with van der Waals surface area (Å²) in [6.45, 7) is 1.80. The van der Waals surface area contributed by atoms with Gasteiger partial charge in [-0.3, -0.25) is 10.1 Å². The zero-order valence-electron chi connectivity index (χ0n) is 10.9. The second-order valence-corrected chi connectivity index (χ2v) is 5.21. The van der Waals surface area contributed by atoms with Crippen LogP contribution in [0, 0.1) is 6.92 Å². The van der Waals surface area contributed by atoms with Crippen LogP contribution in [0.3, 0.4) is 0 Å². The Labute approximate surface area is 118 Å². The van der Waals surface area contributed by atoms with Gasteiger partial charge >= 0.3 is 0 Å². The second kappa shape index (κ2) is 4.93. The molecule has 0 radical (unpaired) electrons. The Hall–Kier alpha value is -2.41. The molecule has 2 N–H and O–H groups in total. The topological polar surface area (TPSA) is 79.9 Å². The number of H-pyrrole nitrogens is 1. The van der Waals surface area contributed by atoms with E-state index >= 15 is 0 Å². The summed E-state index contributed by atoms with van der Waals surface area (Å²) in [6, 6.07) is 5.59. The quantitative estimate of drug-likeness (QED) is 0.776. The van der Waals surface area contributed by atoms with E-state index in [1.54, 1.807) is 14.0 Å². The summed E-state index contributed by atoms with van der Waals surface area (Å²) >= 11 is 1.40. The Kier molecular flexibility index (Phi) is 3.11. The number of methoxy groups -OCH3 is 1. The molecule has 3 aromatic rings. The number of aromatic amines is 1. The third-order valence-corrected chi connectivity index (χ3v) is 3.79. The normalized spacial score (nSPS) is 10.7. The molecule has 0 atom stereocenters. The lowest BCUT2D eigenvalue weighted by Gasteiger charge is -1.98. The monoisotopic (exact) mass is 288 g/mol. The van der Waals surface area contributed by atoms with Crippen molar-refractivity contribution in [2.75, 3.05) is 12.4 Å². The Morgan fingerprint density at radius 3 is 3.00 bits per heavy atom. The van der Waals surface area contributed by atoms with E-state index in [0.717, 1.165) is 21.7 Å². The number of carbonyl (C=O) groups excluding carboxylic acids is 1. The maximum Gasteiger partial charge on any atom is 0.277 e. The molecule has 7 heteroatoms. The predicted molar refractivity (Wildman–Crippen MR) is 77.4 cm³/mol. The third kappa shape index (κ3) is 2.23. The molecule has 0 aliphatic rings. The summed E-state index contributed by atoms with van der Waals surface area (Å²) in [4.78, 5) is 23.3. The van der Waals surface area contributed by atoms with Gasteiger partial charge < -0.3 is 9.72 Å². The van der Waals surface area contributed by atoms with Gasteiger partial charge in [-0.25, -0.2) is 9.97 Å². The number of hydrogen-bond donors (Lipinski definition) is 2. The smallest absolute Gasteiger partial charge is 0.277 e. The SMILES string of the molecule is COc1ccc2nc(NC(=O)c3nc[nH]c3C)sc2c1. The van der Waals surface area contributed by atoms with Gasteiger partial charge in [0.2, 0.25) is 0 Å². The van der Waals surface area contributed by atoms with Crippen molar-refractivity contribution in [2.24, 2.45) is 0 Å². The van der Waals surface area contributed by atoms with Crippen molar-refractivity contribution in [3.05, 3.63) is 35.9 Å². The van der Waals surface area contributed by atoms with Crippen LogP contribution < -0.4 is 10.1 Å². The van der Waals surface area contributed by atoms with Crippen LogP contribution in [0.4, 0.5) is 5.13 Å². The van der Waals surface area contributed by atoms with E-state index in [1.165, 1.54) is 17.7 Å². The van der Waals surface area contributed by atoms with Crippen LogP contribution in [0.1, 0.15) is 16.2 Å². The van der Waals surface area contributed by atoms with E-state index in [0.29, 0.717) is 10.8 Å². The molecule has 0 saturated carbocycles. The van der Waals surface area contributed by atoms with E-state index < -0.39 is 0 Å². The van der Waals surface area contributed by atoms with E-state index in [1.807, 2.05) is 18.2 Å². The highest BCUT2D eigenvalue weighted by molar-refractivity contribution is 7.22. The van der Waals surface area contributed by atoms with Crippen molar-refractivity contribution in [3.63, 3.8) is 0 Å². The van der Waals surface area contributed by atoms with Gasteiger partial charge in [-0.15, -0.1) is 0 Å². The van der Waals surface area contributed by atoms with Gasteiger partial charge in [-0.2, -0.15) is 0 Å². The molecule has 20 heavy (non-hydrogen) atoms. The fraction of sp³-hybridized carbons (Fsp3) is 0.154. The maximum absolute atomic E-state index is 12.0. The maximum atomic E-state index is 12.0. The molecule has 102 valence electrons. The number of hydrogen-bond acceptors (Lipinski definition) is 5. The van der Waals surface area contributed by atoms with Gasteiger partial charge in [0.1, 0.15) is 11.4 Å². The molecule has 0 aliphatic carbocycles. The molecule has 3 rings (SSSR count). The molecular weight excluding hydrogens is 276 g/mol. The van der Waals surface area contributed by atoms with Crippen molar-refractivity contribution < 1.29 is 9.53 Å². The number of thiazole rings is 1. The van der Waals surface area contributed by atoms with Crippen LogP contribution >= 0.6 is 11.3 Å². The number of nitrogens with zero attached hydrogens (tertiary/aromatic N) is 2. The number of aromatic nitrogens is 3. The lowest BCUT2D eigenvalue weighted by atomic mass is 10.3. The summed E-state index contributed by atoms with van der Waals surface area (Å²) in [5, 5.41) is 3.30. The number of aryl methyl sites for hydroxylation is 1. The highest BCUT2D eigenvalue weighted by Gasteiger charge is 2.14. The number of carbonyl (C=O) groups is 1. The van der Waals surface area contributed by atoms with Crippen molar-refractivity contribution in [2.45, 2.75) is 6.92 Å². The minimum absolute atomic E-state index is 0.269. The fourth-order valence-corrected chi connectivity index (χ4v) is 2.72. The van der Waals surface area contributed by atoms with E-state index in [4.69, 9.17) is 4.74 Å². The van der Waals surface area contributed by atoms with E-state index in [-0.39, 0.29) is 5.91 Å². The lowest BCUT2D eigenvalue weighted by Crippen LogP contribution is -2.13. The first-order chi connectivity index (χ1) is 9.67. The lowest BCUT2D eigenvalue weighted by molar-refractivity contribution is 0.102. The van der Waals surface area contributed by atoms with Gasteiger partial charge in [0.25, 0.3) is 5.91 Å². The summed E-state index contributed by atoms with van der Waals surface area (Å²) in [5.41, 5.74) is 1.93. The van der Waals surface area contributed by atoms with Crippen molar-refractivity contribution in [1.29, 1.82) is 0 Å². The van der Waals surface area contributed by atoms with Crippen LogP contribution in [0.15, 0.2) is 24.5 Å². The number of fused-ring (bicyclic) bond motifs is 1. The molecule has 1 amide bonds. The molecule has 2 aromatic heterocycles. The van der Waals surface area contributed by atoms with Crippen LogP contribution in [0.2, 0.25) is 0 Å². The Morgan fingerprint density at radius 2 is 2.30 bits per heavy atom. The summed E-state index contributed by atoms with van der Waals surface area (Å²) < 4.78 is 6.12. The number of imidazole rings is 1. The van der Waals surface area contributed by atoms with Crippen LogP contribution in [-0.4, -0.2) is 28.0 Å². The first-order valence-electron chi connectivity index (χ1n) is 5.93. The molecular formula is C13H12N4O2S. The molecule has 0 unspecified atom stereocenters. The number of rotatable bonds is 3. The summed E-state index contributed by atoms with van der Waals surface area (Å²) in [6.07, 6.45) is 1.49. The zero-order chi connectivity index (χ0) is 14.1. The standard InChI is InChI=1S/C13H12N4O2S/c1-7-11(15-6-14-7)12(18)17-13-16-9-4-3-8(19-2)5-10(9)20-13/h3-6H,1-2H3,(H,14,15)(H,16,17,18). The van der Waals surface area contributed by atoms with Gasteiger partial charge in [0.15, 0.2) is 5.13 Å². The molecule has 0 spiro atoms. The minimum Gasteiger partial charge on any atom is -0.497 e. The number of benzene rings is 1. The first-order valence-corrected chi connectivity index (χ1v) is 6.75. The van der Waals surface area contributed by atoms with Gasteiger partial charge in [0.05, 0.1) is 23.7 Å².